The van der Waals surface area contributed by atoms with Crippen molar-refractivity contribution in [3.63, 3.8) is 0 Å². The molecular weight excluding hydrogens is 817 g/mol. The van der Waals surface area contributed by atoms with Crippen molar-refractivity contribution in [2.45, 2.75) is 82.2 Å². The number of rotatable bonds is 23. The molecule has 0 fully saturated rings. The molecule has 6 amide bonds. The van der Waals surface area contributed by atoms with Gasteiger partial charge in [-0.2, -0.15) is 0 Å². The molecule has 4 unspecified atom stereocenters. The normalized spacial score (nSPS) is 14.1. The molecule has 0 spiro atoms. The van der Waals surface area contributed by atoms with E-state index in [0.717, 1.165) is 38.5 Å². The van der Waals surface area contributed by atoms with Crippen LogP contribution in [0.5, 0.6) is 0 Å². The third-order valence-electron chi connectivity index (χ3n) is 11.1. The van der Waals surface area contributed by atoms with E-state index in [1.165, 1.54) is 13.3 Å². The Morgan fingerprint density at radius 3 is 1.83 bits per heavy atom. The fraction of sp³-hybridized carbons (Fsp3) is 0.326. The Kier molecular flexibility index (Phi) is 16.0. The number of benzene rings is 3. The smallest absolute Gasteiger partial charge is 0.244 e. The first kappa shape index (κ1) is 46.2. The molecule has 6 aromatic rings. The third kappa shape index (κ3) is 12.4. The summed E-state index contributed by atoms with van der Waals surface area (Å²) in [6.45, 7) is 1.86. The number of nitrogens with two attached hydrogens (primary N) is 3. The Hall–Kier alpha value is -7.31. The summed E-state index contributed by atoms with van der Waals surface area (Å²) in [6, 6.07) is 19.6. The van der Waals surface area contributed by atoms with Crippen molar-refractivity contribution in [2.24, 2.45) is 23.1 Å². The van der Waals surface area contributed by atoms with Crippen LogP contribution >= 0.6 is 0 Å². The van der Waals surface area contributed by atoms with Crippen LogP contribution in [0, 0.1) is 5.92 Å². The number of carbonyl (C=O) groups is 6. The van der Waals surface area contributed by atoms with Crippen LogP contribution in [0.1, 0.15) is 48.6 Å². The van der Waals surface area contributed by atoms with Gasteiger partial charge in [-0.1, -0.05) is 73.2 Å². The van der Waals surface area contributed by atoms with E-state index < -0.39 is 71.7 Å². The van der Waals surface area contributed by atoms with Crippen molar-refractivity contribution in [1.82, 2.24) is 46.5 Å². The van der Waals surface area contributed by atoms with Crippen molar-refractivity contribution in [3.05, 3.63) is 126 Å². The molecule has 336 valence electrons. The number of aromatic nitrogens is 4. The van der Waals surface area contributed by atoms with Gasteiger partial charge in [-0.15, -0.1) is 0 Å². The molecule has 0 bridgehead atoms. The van der Waals surface area contributed by atoms with Gasteiger partial charge in [0.05, 0.1) is 12.4 Å². The maximum Gasteiger partial charge on any atom is 0.244 e. The lowest BCUT2D eigenvalue weighted by molar-refractivity contribution is -0.137. The minimum atomic E-state index is -1.19. The van der Waals surface area contributed by atoms with Gasteiger partial charge in [0, 0.05) is 71.8 Å². The van der Waals surface area contributed by atoms with Crippen LogP contribution < -0.4 is 43.8 Å². The second kappa shape index (κ2) is 22.2. The Balaban J connectivity index is 1.21. The lowest BCUT2D eigenvalue weighted by Crippen LogP contribution is -2.60. The largest absolute Gasteiger partial charge is 0.369 e. The zero-order valence-electron chi connectivity index (χ0n) is 35.6. The molecule has 0 aliphatic heterocycles. The second-order valence-corrected chi connectivity index (χ2v) is 15.9. The number of nitrogens with one attached hydrogen (secondary N) is 8. The Bertz CT molecular complexity index is 2520. The number of fused-ring (bicyclic) bond motifs is 2. The van der Waals surface area contributed by atoms with Gasteiger partial charge in [0.15, 0.2) is 0 Å². The summed E-state index contributed by atoms with van der Waals surface area (Å²) in [5, 5.41) is 15.8. The average molecular weight is 873 g/mol. The highest BCUT2D eigenvalue weighted by atomic mass is 16.2. The summed E-state index contributed by atoms with van der Waals surface area (Å²) < 4.78 is 0. The van der Waals surface area contributed by atoms with Gasteiger partial charge < -0.3 is 58.7 Å². The van der Waals surface area contributed by atoms with E-state index >= 15 is 0 Å². The number of nitrogens with zero attached hydrogens (tertiary/aromatic N) is 1. The topological polar surface area (TPSA) is 301 Å². The number of para-hydroxylation sites is 2. The lowest BCUT2D eigenvalue weighted by atomic mass is 9.98. The van der Waals surface area contributed by atoms with Crippen LogP contribution in [0.25, 0.3) is 21.8 Å². The zero-order chi connectivity index (χ0) is 45.6. The first-order chi connectivity index (χ1) is 30.9. The molecule has 0 saturated carbocycles. The summed E-state index contributed by atoms with van der Waals surface area (Å²) in [4.78, 5) is 95.1. The van der Waals surface area contributed by atoms with Crippen LogP contribution in [0.2, 0.25) is 0 Å². The molecule has 18 nitrogen and oxygen atoms in total. The summed E-state index contributed by atoms with van der Waals surface area (Å²) >= 11 is 0. The molecular formula is C46H56N12O6. The van der Waals surface area contributed by atoms with E-state index in [1.807, 2.05) is 54.6 Å². The molecule has 3 aromatic carbocycles. The van der Waals surface area contributed by atoms with Gasteiger partial charge in [-0.25, -0.2) is 4.98 Å². The highest BCUT2D eigenvalue weighted by molar-refractivity contribution is 6.01. The predicted octanol–water partition coefficient (Wildman–Crippen LogP) is 1.23. The monoisotopic (exact) mass is 872 g/mol. The number of hydrogen-bond donors (Lipinski definition) is 11. The molecule has 64 heavy (non-hydrogen) atoms. The van der Waals surface area contributed by atoms with E-state index in [9.17, 15) is 28.8 Å². The molecule has 0 aliphatic rings. The quantitative estimate of drug-likeness (QED) is 0.0250. The zero-order valence-corrected chi connectivity index (χ0v) is 35.6. The predicted molar refractivity (Wildman–Crippen MR) is 242 cm³/mol. The van der Waals surface area contributed by atoms with Gasteiger partial charge >= 0.3 is 0 Å². The van der Waals surface area contributed by atoms with E-state index in [2.05, 4.69) is 46.5 Å². The van der Waals surface area contributed by atoms with E-state index in [1.54, 1.807) is 42.9 Å². The number of imidazole rings is 1. The first-order valence-corrected chi connectivity index (χ1v) is 21.3. The average Bonchev–Trinajstić information content (AvgIpc) is 4.06. The van der Waals surface area contributed by atoms with E-state index in [0.29, 0.717) is 25.1 Å². The van der Waals surface area contributed by atoms with E-state index in [4.69, 9.17) is 17.2 Å². The number of carbonyl (C=O) groups excluding carboxylic acids is 6. The Morgan fingerprint density at radius 1 is 0.625 bits per heavy atom. The van der Waals surface area contributed by atoms with Gasteiger partial charge in [-0.3, -0.25) is 28.8 Å². The number of unbranched alkanes of at least 4 members (excludes halogenated alkanes) is 1. The highest BCUT2D eigenvalue weighted by Gasteiger charge is 2.32. The molecule has 0 aliphatic carbocycles. The third-order valence-corrected chi connectivity index (χ3v) is 11.1. The maximum absolute atomic E-state index is 14.3. The van der Waals surface area contributed by atoms with Crippen LogP contribution in [0.3, 0.4) is 0 Å². The summed E-state index contributed by atoms with van der Waals surface area (Å²) in [5.74, 6) is -5.24. The number of amides is 6. The standard InChI is InChI=1S/C46H56N12O6/c1-27(54-45(63)39(20-29-23-51-36-16-7-5-13-32(29)36)56-44(62)35(48)22-31-25-50-26-53-31)42(60)57-40(21-30-24-52-37-17-8-6-14-33(30)37)58-46(64)38(19-28-11-3-2-4-12-28)55-43(61)34(41(49)59)15-9-10-18-47/h2-8,11-14,16-17,23-27,34-35,38-40,51-52H,9-10,15,18-22,47-48H2,1H3,(H2,49,59)(H,50,53)(H,54,63)(H,55,61)(H,56,62)(H,57,60)(H,58,64)/t27?,34?,35?,38-,39+,40?/m0/s1. The van der Waals surface area contributed by atoms with Crippen molar-refractivity contribution in [1.29, 1.82) is 0 Å². The lowest BCUT2D eigenvalue weighted by Gasteiger charge is -2.27. The summed E-state index contributed by atoms with van der Waals surface area (Å²) in [6.07, 6.45) is 7.11. The summed E-state index contributed by atoms with van der Waals surface area (Å²) in [7, 11) is 0. The number of primary amides is 1. The van der Waals surface area contributed by atoms with E-state index in [-0.39, 0.29) is 32.1 Å². The van der Waals surface area contributed by atoms with Crippen LogP contribution in [0.15, 0.2) is 104 Å². The minimum absolute atomic E-state index is 0.0575. The molecule has 14 N–H and O–H groups in total. The summed E-state index contributed by atoms with van der Waals surface area (Å²) in [5.41, 5.74) is 22.1. The van der Waals surface area contributed by atoms with Crippen molar-refractivity contribution < 1.29 is 28.8 Å². The van der Waals surface area contributed by atoms with Gasteiger partial charge in [0.1, 0.15) is 30.2 Å². The van der Waals surface area contributed by atoms with Crippen LogP contribution in [0.4, 0.5) is 0 Å². The fourth-order valence-electron chi connectivity index (χ4n) is 7.57. The number of H-pyrrole nitrogens is 3. The molecule has 18 heteroatoms. The second-order valence-electron chi connectivity index (χ2n) is 15.9. The molecule has 3 aromatic heterocycles. The Labute approximate surface area is 369 Å². The molecule has 0 radical (unpaired) electrons. The fourth-order valence-corrected chi connectivity index (χ4v) is 7.57. The SMILES string of the molecule is CC(NC(=O)[C@@H](Cc1c[nH]c2ccccc12)NC(=O)C(N)Cc1cnc[nH]1)C(=O)NC(Cc1c[nH]c2ccccc12)NC(=O)[C@H](Cc1ccccc1)NC(=O)C(CCCCN)C(N)=O. The maximum atomic E-state index is 14.3. The van der Waals surface area contributed by atoms with Gasteiger partial charge in [-0.05, 0) is 55.1 Å². The molecule has 0 saturated heterocycles. The molecule has 3 heterocycles. The molecule has 6 atom stereocenters. The molecule has 6 rings (SSSR count). The van der Waals surface area contributed by atoms with Crippen LogP contribution in [-0.2, 0) is 54.5 Å². The van der Waals surface area contributed by atoms with Crippen molar-refractivity contribution in [2.75, 3.05) is 6.54 Å². The number of hydrogen-bond acceptors (Lipinski definition) is 9. The van der Waals surface area contributed by atoms with Crippen molar-refractivity contribution >= 4 is 57.2 Å². The Morgan fingerprint density at radius 2 is 1.20 bits per heavy atom. The van der Waals surface area contributed by atoms with Gasteiger partial charge in [0.25, 0.3) is 0 Å². The first-order valence-electron chi connectivity index (χ1n) is 21.3. The highest BCUT2D eigenvalue weighted by Crippen LogP contribution is 2.21. The van der Waals surface area contributed by atoms with Crippen LogP contribution in [-0.4, -0.2) is 92.3 Å². The minimum Gasteiger partial charge on any atom is -0.369 e. The number of aromatic amines is 3. The van der Waals surface area contributed by atoms with Gasteiger partial charge in [0.2, 0.25) is 35.4 Å². The van der Waals surface area contributed by atoms with Crippen molar-refractivity contribution in [3.8, 4) is 0 Å².